The topological polar surface area (TPSA) is 47.9 Å². The van der Waals surface area contributed by atoms with Crippen LogP contribution in [0, 0.1) is 0 Å². The number of ether oxygens (including phenoxy) is 3. The predicted molar refractivity (Wildman–Crippen MR) is 50.0 cm³/mol. The van der Waals surface area contributed by atoms with Gasteiger partial charge in [-0.1, -0.05) is 0 Å². The monoisotopic (exact) mass is 214 g/mol. The van der Waals surface area contributed by atoms with Gasteiger partial charge in [-0.2, -0.15) is 0 Å². The van der Waals surface area contributed by atoms with Crippen LogP contribution in [0.3, 0.4) is 0 Å². The van der Waals surface area contributed by atoms with Crippen LogP contribution < -0.4 is 9.47 Å². The fourth-order valence-corrected chi connectivity index (χ4v) is 2.61. The molecule has 0 aliphatic carbocycles. The molecule has 5 heteroatoms. The molecule has 2 aliphatic rings. The van der Waals surface area contributed by atoms with Gasteiger partial charge in [-0.3, -0.25) is 0 Å². The molecule has 14 heavy (non-hydrogen) atoms. The zero-order valence-electron chi connectivity index (χ0n) is 7.49. The highest BCUT2D eigenvalue weighted by Crippen LogP contribution is 2.46. The minimum atomic E-state index is -0.848. The average molecular weight is 214 g/mol. The first-order valence-electron chi connectivity index (χ1n) is 4.47. The quantitative estimate of drug-likeness (QED) is 0.749. The summed E-state index contributed by atoms with van der Waals surface area (Å²) in [7, 11) is 0. The SMILES string of the molecule is OC1(c2scc3c2OCCO3)COC1. The third-order valence-corrected chi connectivity index (χ3v) is 3.54. The molecule has 0 atom stereocenters. The lowest BCUT2D eigenvalue weighted by molar-refractivity contribution is -0.183. The Kier molecular flexibility index (Phi) is 1.74. The van der Waals surface area contributed by atoms with Crippen molar-refractivity contribution in [3.8, 4) is 11.5 Å². The summed E-state index contributed by atoms with van der Waals surface area (Å²) >= 11 is 1.47. The van der Waals surface area contributed by atoms with Gasteiger partial charge in [0, 0.05) is 5.38 Å². The molecule has 0 radical (unpaired) electrons. The van der Waals surface area contributed by atoms with Crippen LogP contribution in [0.4, 0.5) is 0 Å². The van der Waals surface area contributed by atoms with Crippen LogP contribution >= 0.6 is 11.3 Å². The van der Waals surface area contributed by atoms with E-state index in [2.05, 4.69) is 0 Å². The van der Waals surface area contributed by atoms with E-state index in [1.165, 1.54) is 11.3 Å². The number of hydrogen-bond donors (Lipinski definition) is 1. The smallest absolute Gasteiger partial charge is 0.178 e. The Hall–Kier alpha value is -0.780. The highest BCUT2D eigenvalue weighted by Gasteiger charge is 2.43. The Morgan fingerprint density at radius 3 is 2.79 bits per heavy atom. The van der Waals surface area contributed by atoms with Gasteiger partial charge in [-0.15, -0.1) is 11.3 Å². The second-order valence-electron chi connectivity index (χ2n) is 3.48. The molecule has 2 aliphatic heterocycles. The van der Waals surface area contributed by atoms with Crippen molar-refractivity contribution in [1.29, 1.82) is 0 Å². The summed E-state index contributed by atoms with van der Waals surface area (Å²) in [4.78, 5) is 0.832. The first kappa shape index (κ1) is 8.52. The van der Waals surface area contributed by atoms with Crippen molar-refractivity contribution in [2.75, 3.05) is 26.4 Å². The lowest BCUT2D eigenvalue weighted by Gasteiger charge is -2.36. The van der Waals surface area contributed by atoms with Gasteiger partial charge in [0.05, 0.1) is 18.1 Å². The van der Waals surface area contributed by atoms with Crippen molar-refractivity contribution in [3.63, 3.8) is 0 Å². The number of aliphatic hydroxyl groups is 1. The van der Waals surface area contributed by atoms with Gasteiger partial charge < -0.3 is 19.3 Å². The van der Waals surface area contributed by atoms with E-state index in [0.29, 0.717) is 32.2 Å². The molecule has 0 saturated carbocycles. The average Bonchev–Trinajstić information content (AvgIpc) is 2.58. The van der Waals surface area contributed by atoms with Gasteiger partial charge >= 0.3 is 0 Å². The number of thiophene rings is 1. The van der Waals surface area contributed by atoms with E-state index in [-0.39, 0.29) is 0 Å². The van der Waals surface area contributed by atoms with E-state index in [0.717, 1.165) is 10.6 Å². The third-order valence-electron chi connectivity index (χ3n) is 2.41. The molecular formula is C9H10O4S. The lowest BCUT2D eigenvalue weighted by Crippen LogP contribution is -2.46. The van der Waals surface area contributed by atoms with Gasteiger partial charge in [0.15, 0.2) is 11.5 Å². The van der Waals surface area contributed by atoms with E-state index in [4.69, 9.17) is 14.2 Å². The summed E-state index contributed by atoms with van der Waals surface area (Å²) < 4.78 is 15.9. The van der Waals surface area contributed by atoms with Crippen molar-refractivity contribution in [2.45, 2.75) is 5.60 Å². The van der Waals surface area contributed by atoms with Crippen molar-refractivity contribution in [3.05, 3.63) is 10.3 Å². The fraction of sp³-hybridized carbons (Fsp3) is 0.556. The Morgan fingerprint density at radius 2 is 2.07 bits per heavy atom. The van der Waals surface area contributed by atoms with Gasteiger partial charge in [0.2, 0.25) is 0 Å². The predicted octanol–water partition coefficient (Wildman–Crippen LogP) is 0.737. The van der Waals surface area contributed by atoms with E-state index in [9.17, 15) is 5.11 Å². The van der Waals surface area contributed by atoms with Crippen molar-refractivity contribution >= 4 is 11.3 Å². The number of rotatable bonds is 1. The van der Waals surface area contributed by atoms with Gasteiger partial charge in [0.1, 0.15) is 18.8 Å². The molecule has 0 amide bonds. The second kappa shape index (κ2) is 2.85. The maximum absolute atomic E-state index is 10.1. The minimum absolute atomic E-state index is 0.351. The maximum atomic E-state index is 10.1. The van der Waals surface area contributed by atoms with Crippen LogP contribution in [0.5, 0.6) is 11.5 Å². The number of hydrogen-bond acceptors (Lipinski definition) is 5. The highest BCUT2D eigenvalue weighted by atomic mass is 32.1. The first-order valence-corrected chi connectivity index (χ1v) is 5.35. The largest absolute Gasteiger partial charge is 0.485 e. The minimum Gasteiger partial charge on any atom is -0.485 e. The zero-order chi connectivity index (χ0) is 9.60. The standard InChI is InChI=1S/C9H10O4S/c10-9(4-11-5-9)8-7-6(3-14-8)12-1-2-13-7/h3,10H,1-2,4-5H2. The molecule has 0 spiro atoms. The number of fused-ring (bicyclic) bond motifs is 1. The van der Waals surface area contributed by atoms with E-state index in [1.54, 1.807) is 0 Å². The first-order chi connectivity index (χ1) is 6.80. The van der Waals surface area contributed by atoms with Crippen molar-refractivity contribution in [1.82, 2.24) is 0 Å². The van der Waals surface area contributed by atoms with Crippen LogP contribution in [-0.4, -0.2) is 31.5 Å². The van der Waals surface area contributed by atoms with Crippen molar-refractivity contribution in [2.24, 2.45) is 0 Å². The van der Waals surface area contributed by atoms with Crippen LogP contribution in [-0.2, 0) is 10.3 Å². The summed E-state index contributed by atoms with van der Waals surface area (Å²) in [6, 6.07) is 0. The molecule has 1 fully saturated rings. The lowest BCUT2D eigenvalue weighted by atomic mass is 10.00. The summed E-state index contributed by atoms with van der Waals surface area (Å²) in [6.45, 7) is 1.83. The molecule has 1 saturated heterocycles. The Balaban J connectivity index is 2.01. The van der Waals surface area contributed by atoms with Gasteiger partial charge in [-0.05, 0) is 0 Å². The fourth-order valence-electron chi connectivity index (χ4n) is 1.61. The van der Waals surface area contributed by atoms with E-state index < -0.39 is 5.60 Å². The van der Waals surface area contributed by atoms with Crippen molar-refractivity contribution < 1.29 is 19.3 Å². The van der Waals surface area contributed by atoms with E-state index >= 15 is 0 Å². The summed E-state index contributed by atoms with van der Waals surface area (Å²) in [6.07, 6.45) is 0. The molecule has 4 nitrogen and oxygen atoms in total. The zero-order valence-corrected chi connectivity index (χ0v) is 8.30. The highest BCUT2D eigenvalue weighted by molar-refractivity contribution is 7.10. The molecule has 3 heterocycles. The molecule has 0 bridgehead atoms. The van der Waals surface area contributed by atoms with Gasteiger partial charge in [0.25, 0.3) is 0 Å². The van der Waals surface area contributed by atoms with Crippen LogP contribution in [0.2, 0.25) is 0 Å². The Bertz CT molecular complexity index is 356. The Labute approximate surface area is 85.0 Å². The second-order valence-corrected chi connectivity index (χ2v) is 4.36. The molecule has 1 N–H and O–H groups in total. The molecular weight excluding hydrogens is 204 g/mol. The molecule has 1 aromatic heterocycles. The third kappa shape index (κ3) is 1.06. The normalized spacial score (nSPS) is 22.9. The molecule has 0 unspecified atom stereocenters. The summed E-state index contributed by atoms with van der Waals surface area (Å²) in [5.74, 6) is 1.45. The molecule has 76 valence electrons. The Morgan fingerprint density at radius 1 is 1.29 bits per heavy atom. The van der Waals surface area contributed by atoms with Crippen LogP contribution in [0.25, 0.3) is 0 Å². The van der Waals surface area contributed by atoms with Crippen LogP contribution in [0.15, 0.2) is 5.38 Å². The summed E-state index contributed by atoms with van der Waals surface area (Å²) in [5.41, 5.74) is -0.848. The summed E-state index contributed by atoms with van der Waals surface area (Å²) in [5, 5.41) is 12.0. The van der Waals surface area contributed by atoms with Gasteiger partial charge in [-0.25, -0.2) is 0 Å². The van der Waals surface area contributed by atoms with E-state index in [1.807, 2.05) is 5.38 Å². The maximum Gasteiger partial charge on any atom is 0.178 e. The molecule has 0 aromatic carbocycles. The molecule has 1 aromatic rings. The van der Waals surface area contributed by atoms with Crippen LogP contribution in [0.1, 0.15) is 4.88 Å². The molecule has 3 rings (SSSR count).